The Bertz CT molecular complexity index is 1180. The molecule has 0 aliphatic carbocycles. The van der Waals surface area contributed by atoms with Crippen LogP contribution in [-0.4, -0.2) is 48.9 Å². The van der Waals surface area contributed by atoms with E-state index in [0.29, 0.717) is 35.3 Å². The number of nitrogens with zero attached hydrogens (tertiary/aromatic N) is 1. The molecule has 1 atom stereocenters. The van der Waals surface area contributed by atoms with Gasteiger partial charge in [-0.3, -0.25) is 9.59 Å². The third-order valence-corrected chi connectivity index (χ3v) is 6.85. The second kappa shape index (κ2) is 10.2. The molecule has 180 valence electrons. The number of hydrogen-bond donors (Lipinski definition) is 2. The van der Waals surface area contributed by atoms with Crippen LogP contribution in [0.5, 0.6) is 0 Å². The van der Waals surface area contributed by atoms with Gasteiger partial charge in [0, 0.05) is 35.6 Å². The quantitative estimate of drug-likeness (QED) is 0.533. The van der Waals surface area contributed by atoms with Gasteiger partial charge in [0.25, 0.3) is 11.8 Å². The van der Waals surface area contributed by atoms with Gasteiger partial charge in [-0.15, -0.1) is 12.4 Å². The molecule has 3 aromatic rings. The SMILES string of the molecule is CC(C)CNC(=O)c1cccc(-c2cccc3cc(C(=O)N[C@H]4CN5CCC4CC5)oc23)c1.Cl. The molecule has 4 heterocycles. The van der Waals surface area contributed by atoms with Gasteiger partial charge in [-0.25, -0.2) is 0 Å². The number of carbonyl (C=O) groups excluding carboxylic acids is 2. The molecule has 6 nitrogen and oxygen atoms in total. The third kappa shape index (κ3) is 4.98. The molecule has 2 aromatic carbocycles. The first-order chi connectivity index (χ1) is 16.0. The average Bonchev–Trinajstić information content (AvgIpc) is 3.28. The van der Waals surface area contributed by atoms with Crippen LogP contribution in [0, 0.1) is 11.8 Å². The Balaban J connectivity index is 0.00000274. The molecular weight excluding hydrogens is 450 g/mol. The molecule has 2 amide bonds. The summed E-state index contributed by atoms with van der Waals surface area (Å²) < 4.78 is 6.09. The Kier molecular flexibility index (Phi) is 7.29. The molecule has 0 saturated carbocycles. The van der Waals surface area contributed by atoms with E-state index in [1.54, 1.807) is 0 Å². The lowest BCUT2D eigenvalue weighted by Crippen LogP contribution is -2.57. The maximum absolute atomic E-state index is 13.0. The summed E-state index contributed by atoms with van der Waals surface area (Å²) in [6, 6.07) is 15.4. The van der Waals surface area contributed by atoms with E-state index >= 15 is 0 Å². The fraction of sp³-hybridized carbons (Fsp3) is 0.407. The molecule has 2 N–H and O–H groups in total. The van der Waals surface area contributed by atoms with E-state index in [9.17, 15) is 9.59 Å². The Labute approximate surface area is 206 Å². The number of para-hydroxylation sites is 1. The third-order valence-electron chi connectivity index (χ3n) is 6.85. The van der Waals surface area contributed by atoms with Gasteiger partial charge in [0.15, 0.2) is 5.76 Å². The van der Waals surface area contributed by atoms with Crippen molar-refractivity contribution in [3.05, 3.63) is 59.9 Å². The molecule has 0 spiro atoms. The van der Waals surface area contributed by atoms with E-state index in [0.717, 1.165) is 49.0 Å². The van der Waals surface area contributed by atoms with Crippen molar-refractivity contribution in [1.29, 1.82) is 0 Å². The number of fused-ring (bicyclic) bond motifs is 4. The Morgan fingerprint density at radius 3 is 2.53 bits per heavy atom. The van der Waals surface area contributed by atoms with E-state index in [4.69, 9.17) is 4.42 Å². The van der Waals surface area contributed by atoms with Crippen molar-refractivity contribution in [3.63, 3.8) is 0 Å². The van der Waals surface area contributed by atoms with Crippen LogP contribution in [0.1, 0.15) is 47.6 Å². The smallest absolute Gasteiger partial charge is 0.287 e. The van der Waals surface area contributed by atoms with Crippen LogP contribution in [-0.2, 0) is 0 Å². The highest BCUT2D eigenvalue weighted by Crippen LogP contribution is 2.32. The largest absolute Gasteiger partial charge is 0.450 e. The second-order valence-corrected chi connectivity index (χ2v) is 9.74. The molecule has 3 fully saturated rings. The highest BCUT2D eigenvalue weighted by Gasteiger charge is 2.35. The summed E-state index contributed by atoms with van der Waals surface area (Å²) in [5, 5.41) is 7.05. The molecule has 7 heteroatoms. The van der Waals surface area contributed by atoms with Crippen molar-refractivity contribution < 1.29 is 14.0 Å². The van der Waals surface area contributed by atoms with Crippen molar-refractivity contribution in [2.45, 2.75) is 32.7 Å². The summed E-state index contributed by atoms with van der Waals surface area (Å²) in [5.41, 5.74) is 3.03. The maximum atomic E-state index is 13.0. The molecule has 3 saturated heterocycles. The van der Waals surface area contributed by atoms with Gasteiger partial charge in [0.05, 0.1) is 0 Å². The van der Waals surface area contributed by atoms with Gasteiger partial charge in [0.1, 0.15) is 5.58 Å². The lowest BCUT2D eigenvalue weighted by molar-refractivity contribution is 0.0607. The summed E-state index contributed by atoms with van der Waals surface area (Å²) >= 11 is 0. The molecule has 3 aliphatic rings. The van der Waals surface area contributed by atoms with Crippen LogP contribution in [0.15, 0.2) is 52.9 Å². The molecule has 2 bridgehead atoms. The summed E-state index contributed by atoms with van der Waals surface area (Å²) in [5.74, 6) is 1.04. The minimum atomic E-state index is -0.155. The van der Waals surface area contributed by atoms with Crippen LogP contribution in [0.3, 0.4) is 0 Å². The first kappa shape index (κ1) is 24.3. The number of rotatable bonds is 6. The van der Waals surface area contributed by atoms with E-state index in [-0.39, 0.29) is 30.3 Å². The highest BCUT2D eigenvalue weighted by molar-refractivity contribution is 6.01. The zero-order valence-electron chi connectivity index (χ0n) is 19.7. The van der Waals surface area contributed by atoms with E-state index in [1.165, 1.54) is 0 Å². The molecule has 34 heavy (non-hydrogen) atoms. The zero-order valence-corrected chi connectivity index (χ0v) is 20.5. The number of nitrogens with one attached hydrogen (secondary N) is 2. The van der Waals surface area contributed by atoms with Gasteiger partial charge >= 0.3 is 0 Å². The maximum Gasteiger partial charge on any atom is 0.287 e. The molecule has 3 aliphatic heterocycles. The summed E-state index contributed by atoms with van der Waals surface area (Å²) in [4.78, 5) is 28.0. The minimum Gasteiger partial charge on any atom is -0.450 e. The number of hydrogen-bond acceptors (Lipinski definition) is 4. The number of amides is 2. The van der Waals surface area contributed by atoms with Crippen LogP contribution >= 0.6 is 12.4 Å². The Morgan fingerprint density at radius 1 is 1.06 bits per heavy atom. The second-order valence-electron chi connectivity index (χ2n) is 9.74. The lowest BCUT2D eigenvalue weighted by Gasteiger charge is -2.44. The summed E-state index contributed by atoms with van der Waals surface area (Å²) in [7, 11) is 0. The first-order valence-electron chi connectivity index (χ1n) is 11.9. The predicted octanol–water partition coefficient (Wildman–Crippen LogP) is 4.73. The molecule has 6 rings (SSSR count). The monoisotopic (exact) mass is 481 g/mol. The van der Waals surface area contributed by atoms with Crippen LogP contribution in [0.25, 0.3) is 22.1 Å². The fourth-order valence-corrected chi connectivity index (χ4v) is 5.00. The number of furan rings is 1. The van der Waals surface area contributed by atoms with Crippen LogP contribution in [0.4, 0.5) is 0 Å². The normalized spacial score (nSPS) is 21.3. The summed E-state index contributed by atoms with van der Waals surface area (Å²) in [6.45, 7) is 7.97. The van der Waals surface area contributed by atoms with Crippen LogP contribution < -0.4 is 10.6 Å². The van der Waals surface area contributed by atoms with Gasteiger partial charge in [-0.1, -0.05) is 44.2 Å². The molecular formula is C27H32ClN3O3. The minimum absolute atomic E-state index is 0. The number of carbonyl (C=O) groups is 2. The lowest BCUT2D eigenvalue weighted by atomic mass is 9.84. The molecule has 0 unspecified atom stereocenters. The van der Waals surface area contributed by atoms with Crippen molar-refractivity contribution in [2.24, 2.45) is 11.8 Å². The van der Waals surface area contributed by atoms with Gasteiger partial charge in [-0.2, -0.15) is 0 Å². The standard InChI is InChI=1S/C27H31N3O3.ClH/c1-17(2)15-28-26(31)21-7-3-5-19(13-21)22-8-4-6-20-14-24(33-25(20)22)27(32)29-23-16-30-11-9-18(23)10-12-30;/h3-8,13-14,17-18,23H,9-12,15-16H2,1-2H3,(H,28,31)(H,29,32);1H/t23-;/m0./s1. The Hall–Kier alpha value is -2.83. The predicted molar refractivity (Wildman–Crippen MR) is 136 cm³/mol. The van der Waals surface area contributed by atoms with Gasteiger partial charge < -0.3 is 20.0 Å². The summed E-state index contributed by atoms with van der Waals surface area (Å²) in [6.07, 6.45) is 2.30. The first-order valence-corrected chi connectivity index (χ1v) is 11.9. The number of piperidine rings is 3. The fourth-order valence-electron chi connectivity index (χ4n) is 5.00. The number of halogens is 1. The van der Waals surface area contributed by atoms with Crippen molar-refractivity contribution in [2.75, 3.05) is 26.2 Å². The van der Waals surface area contributed by atoms with E-state index in [1.807, 2.05) is 48.5 Å². The average molecular weight is 482 g/mol. The van der Waals surface area contributed by atoms with Gasteiger partial charge in [0.2, 0.25) is 0 Å². The van der Waals surface area contributed by atoms with Gasteiger partial charge in [-0.05, 0) is 61.5 Å². The number of benzene rings is 2. The van der Waals surface area contributed by atoms with Crippen molar-refractivity contribution in [3.8, 4) is 11.1 Å². The van der Waals surface area contributed by atoms with E-state index < -0.39 is 0 Å². The molecule has 0 radical (unpaired) electrons. The van der Waals surface area contributed by atoms with Crippen LogP contribution in [0.2, 0.25) is 0 Å². The van der Waals surface area contributed by atoms with E-state index in [2.05, 4.69) is 29.4 Å². The van der Waals surface area contributed by atoms with Crippen molar-refractivity contribution in [1.82, 2.24) is 15.5 Å². The zero-order chi connectivity index (χ0) is 22.9. The Morgan fingerprint density at radius 2 is 1.82 bits per heavy atom. The topological polar surface area (TPSA) is 74.6 Å². The highest BCUT2D eigenvalue weighted by atomic mass is 35.5. The van der Waals surface area contributed by atoms with Crippen molar-refractivity contribution >= 4 is 35.2 Å². The molecule has 1 aromatic heterocycles.